The Labute approximate surface area is 565 Å². The van der Waals surface area contributed by atoms with Crippen molar-refractivity contribution in [1.82, 2.24) is 0 Å². The molecule has 15 unspecified atom stereocenters. The highest BCUT2D eigenvalue weighted by Gasteiger charge is 2.41. The summed E-state index contributed by atoms with van der Waals surface area (Å²) in [6.45, 7) is 61.0. The number of hydrogen-bond acceptors (Lipinski definition) is 7. The molecule has 0 amide bonds. The molecule has 0 aliphatic heterocycles. The Hall–Kier alpha value is -2.10. The van der Waals surface area contributed by atoms with Crippen molar-refractivity contribution in [3.05, 3.63) is 81.5 Å². The molecule has 0 radical (unpaired) electrons. The molecule has 0 aromatic rings. The van der Waals surface area contributed by atoms with E-state index in [2.05, 4.69) is 236 Å². The summed E-state index contributed by atoms with van der Waals surface area (Å²) in [7, 11) is 0. The molecule has 0 bridgehead atoms. The Balaban J connectivity index is 0.000000531. The average Bonchev–Trinajstić information content (AvgIpc) is 3.50. The van der Waals surface area contributed by atoms with Crippen LogP contribution >= 0.6 is 0 Å². The van der Waals surface area contributed by atoms with Crippen LogP contribution in [0.4, 0.5) is 0 Å². The third kappa shape index (κ3) is 32.7. The van der Waals surface area contributed by atoms with Gasteiger partial charge in [0.15, 0.2) is 0 Å². The van der Waals surface area contributed by atoms with Crippen LogP contribution in [-0.4, -0.2) is 78.5 Å². The van der Waals surface area contributed by atoms with Crippen LogP contribution in [0.15, 0.2) is 81.5 Å². The first-order valence-electron chi connectivity index (χ1n) is 36.8. The van der Waals surface area contributed by atoms with Crippen LogP contribution in [0.3, 0.4) is 0 Å². The zero-order chi connectivity index (χ0) is 70.4. The average molecular weight is 1280 g/mol. The van der Waals surface area contributed by atoms with Crippen LogP contribution in [0.25, 0.3) is 0 Å². The Bertz CT molecular complexity index is 2270. The molecule has 7 aliphatic rings. The van der Waals surface area contributed by atoms with Crippen LogP contribution in [-0.2, 0) is 0 Å². The van der Waals surface area contributed by atoms with Crippen molar-refractivity contribution in [2.75, 3.05) is 0 Å². The minimum atomic E-state index is -0.147. The quantitative estimate of drug-likeness (QED) is 0.126. The smallest absolute Gasteiger partial charge is 0.0630 e. The van der Waals surface area contributed by atoms with Crippen molar-refractivity contribution in [2.45, 2.75) is 371 Å². The zero-order valence-corrected chi connectivity index (χ0v) is 65.1. The molecule has 0 heterocycles. The van der Waals surface area contributed by atoms with Crippen molar-refractivity contribution >= 4 is 0 Å². The fourth-order valence-corrected chi connectivity index (χ4v) is 16.0. The van der Waals surface area contributed by atoms with E-state index < -0.39 is 0 Å². The Morgan fingerprint density at radius 1 is 0.308 bits per heavy atom. The molecular formula is C84H154O7. The van der Waals surface area contributed by atoms with Crippen molar-refractivity contribution in [3.8, 4) is 0 Å². The monoisotopic (exact) mass is 1280 g/mol. The van der Waals surface area contributed by atoms with E-state index in [1.807, 2.05) is 0 Å². The van der Waals surface area contributed by atoms with Gasteiger partial charge < -0.3 is 35.7 Å². The van der Waals surface area contributed by atoms with E-state index in [1.54, 1.807) is 0 Å². The zero-order valence-electron chi connectivity index (χ0n) is 65.1. The lowest BCUT2D eigenvalue weighted by Gasteiger charge is -2.42. The summed E-state index contributed by atoms with van der Waals surface area (Å²) in [4.78, 5) is 0. The summed E-state index contributed by atoms with van der Waals surface area (Å²) >= 11 is 0. The van der Waals surface area contributed by atoms with E-state index in [0.717, 1.165) is 96.3 Å². The summed E-state index contributed by atoms with van der Waals surface area (Å²) in [6.07, 6.45) is 38.0. The van der Waals surface area contributed by atoms with Gasteiger partial charge in [0.2, 0.25) is 0 Å². The van der Waals surface area contributed by atoms with Crippen LogP contribution in [0.5, 0.6) is 0 Å². The van der Waals surface area contributed by atoms with Gasteiger partial charge >= 0.3 is 0 Å². The van der Waals surface area contributed by atoms with Gasteiger partial charge in [-0.25, -0.2) is 0 Å². The molecule has 7 N–H and O–H groups in total. The second kappa shape index (κ2) is 38.7. The Morgan fingerprint density at radius 2 is 0.791 bits per heavy atom. The van der Waals surface area contributed by atoms with Gasteiger partial charge in [0.25, 0.3) is 0 Å². The minimum Gasteiger partial charge on any atom is -0.393 e. The molecule has 0 aromatic carbocycles. The molecule has 7 heteroatoms. The lowest BCUT2D eigenvalue weighted by molar-refractivity contribution is -0.0136. The molecule has 7 fully saturated rings. The first-order valence-corrected chi connectivity index (χ1v) is 36.8. The number of aliphatic hydroxyl groups is 7. The first-order chi connectivity index (χ1) is 41.5. The van der Waals surface area contributed by atoms with E-state index >= 15 is 0 Å². The molecule has 7 nitrogen and oxygen atoms in total. The van der Waals surface area contributed by atoms with Gasteiger partial charge in [-0.15, -0.1) is 0 Å². The van der Waals surface area contributed by atoms with E-state index in [4.69, 9.17) is 0 Å². The van der Waals surface area contributed by atoms with E-state index in [1.165, 1.54) is 77.5 Å². The van der Waals surface area contributed by atoms with Crippen molar-refractivity contribution in [2.24, 2.45) is 79.3 Å². The van der Waals surface area contributed by atoms with Gasteiger partial charge in [-0.3, -0.25) is 0 Å². The van der Waals surface area contributed by atoms with Crippen LogP contribution < -0.4 is 0 Å². The fourth-order valence-electron chi connectivity index (χ4n) is 16.0. The molecule has 91 heavy (non-hydrogen) atoms. The molecule has 7 aliphatic carbocycles. The van der Waals surface area contributed by atoms with Crippen molar-refractivity contribution in [1.29, 1.82) is 0 Å². The van der Waals surface area contributed by atoms with E-state index in [-0.39, 0.29) is 69.8 Å². The summed E-state index contributed by atoms with van der Waals surface area (Å²) in [5.41, 5.74) is 10.9. The van der Waals surface area contributed by atoms with Gasteiger partial charge in [-0.1, -0.05) is 191 Å². The normalized spacial score (nSPS) is 33.7. The molecule has 532 valence electrons. The summed E-state index contributed by atoms with van der Waals surface area (Å²) in [5.74, 6) is 4.25. The molecule has 7 rings (SSSR count). The number of rotatable bonds is 7. The van der Waals surface area contributed by atoms with Crippen molar-refractivity contribution in [3.63, 3.8) is 0 Å². The van der Waals surface area contributed by atoms with Crippen LogP contribution in [0.1, 0.15) is 329 Å². The third-order valence-corrected chi connectivity index (χ3v) is 22.1. The second-order valence-corrected chi connectivity index (χ2v) is 36.6. The Morgan fingerprint density at radius 3 is 1.27 bits per heavy atom. The number of aliphatic hydroxyl groups excluding tert-OH is 7. The predicted molar refractivity (Wildman–Crippen MR) is 396 cm³/mol. The van der Waals surface area contributed by atoms with Gasteiger partial charge in [0.1, 0.15) is 0 Å². The van der Waals surface area contributed by atoms with Gasteiger partial charge in [-0.2, -0.15) is 0 Å². The molecule has 0 saturated heterocycles. The van der Waals surface area contributed by atoms with E-state index in [0.29, 0.717) is 52.3 Å². The SMILES string of the molecule is CC(C)=CC1(C)C(C)CCCC1O.CC(C)=CC1CC(O)CC(C)(C)C1.CC(C)=CC1CC(O)CCC1(C)C.CC(C)=CC1CCC(C)(C)C(O)C1.CC(C)=CC1CCC(O)C(C)(C)C1.CC(C)=CC1CCC(O)CC1(C)C.CC(C)=CC1CCCC(O)C1(C)C. The summed E-state index contributed by atoms with van der Waals surface area (Å²) in [6, 6.07) is 0. The van der Waals surface area contributed by atoms with Crippen LogP contribution in [0.2, 0.25) is 0 Å². The summed E-state index contributed by atoms with van der Waals surface area (Å²) < 4.78 is 0. The van der Waals surface area contributed by atoms with Gasteiger partial charge in [0.05, 0.1) is 42.7 Å². The highest BCUT2D eigenvalue weighted by atomic mass is 16.3. The topological polar surface area (TPSA) is 142 Å². The lowest BCUT2D eigenvalue weighted by Crippen LogP contribution is -2.40. The van der Waals surface area contributed by atoms with E-state index in [9.17, 15) is 35.7 Å². The molecule has 15 atom stereocenters. The van der Waals surface area contributed by atoms with Gasteiger partial charge in [-0.05, 0) is 293 Å². The standard InChI is InChI=1S/7C12H22O/c1-9(2)5-10-6-11(13)8-12(3,4)7-10;1-9(2)7-10-8-11(13)5-6-12(10,3)4;1-9(2)7-10-5-6-11(13)8-12(10,3)4;1-9(2)7-10-5-6-12(3,4)11(13)8-10;1-9(2)7-10-5-6-11(13)12(3,4)8-10;1-9(2)8-10-6-5-7-11(13)12(10,3)4;1-9(2)8-12(4)10(3)6-5-7-11(12)13/h5,10-11,13H,6-8H2,1-4H3;4*7,10-11,13H,5-6,8H2,1-4H3;2*8,10-11,13H,5-7H2,1-4H3. The number of hydrogen-bond donors (Lipinski definition) is 7. The maximum Gasteiger partial charge on any atom is 0.0630 e. The molecule has 0 aromatic heterocycles. The maximum absolute atomic E-state index is 10.0. The predicted octanol–water partition coefficient (Wildman–Crippen LogP) is 22.0. The molecule has 0 spiro atoms. The van der Waals surface area contributed by atoms with Gasteiger partial charge in [0, 0.05) is 5.41 Å². The lowest BCUT2D eigenvalue weighted by atomic mass is 9.66. The highest BCUT2D eigenvalue weighted by molar-refractivity contribution is 5.11. The highest BCUT2D eigenvalue weighted by Crippen LogP contribution is 2.47. The Kier molecular flexibility index (Phi) is 37.0. The molecular weight excluding hydrogens is 1120 g/mol. The summed E-state index contributed by atoms with van der Waals surface area (Å²) in [5, 5.41) is 68.4. The third-order valence-electron chi connectivity index (χ3n) is 22.1. The largest absolute Gasteiger partial charge is 0.393 e. The first kappa shape index (κ1) is 86.9. The fraction of sp³-hybridized carbons (Fsp3) is 0.833. The number of allylic oxidation sites excluding steroid dienone is 13. The van der Waals surface area contributed by atoms with Crippen molar-refractivity contribution < 1.29 is 35.7 Å². The second-order valence-electron chi connectivity index (χ2n) is 36.6. The van der Waals surface area contributed by atoms with Crippen LogP contribution in [0, 0.1) is 79.3 Å². The molecule has 7 saturated carbocycles. The maximum atomic E-state index is 10.0. The minimum absolute atomic E-state index is 0.0110.